The molecular formula is C52H74O7. The molecule has 3 rings (SSSR count). The molecule has 7 heteroatoms. The van der Waals surface area contributed by atoms with Gasteiger partial charge in [-0.25, -0.2) is 9.59 Å². The minimum Gasteiger partial charge on any atom is -0.493 e. The van der Waals surface area contributed by atoms with Crippen LogP contribution < -0.4 is 4.74 Å². The summed E-state index contributed by atoms with van der Waals surface area (Å²) in [7, 11) is 0. The predicted octanol–water partition coefficient (Wildman–Crippen LogP) is 11.6. The Kier molecular flexibility index (Phi) is 19.1. The second-order valence-corrected chi connectivity index (χ2v) is 18.5. The molecule has 7 nitrogen and oxygen atoms in total. The van der Waals surface area contributed by atoms with E-state index in [2.05, 4.69) is 81.6 Å². The third-order valence-electron chi connectivity index (χ3n) is 11.0. The summed E-state index contributed by atoms with van der Waals surface area (Å²) in [5, 5.41) is 23.0. The molecule has 0 amide bonds. The molecule has 0 heterocycles. The molecule has 3 aromatic rings. The van der Waals surface area contributed by atoms with Crippen molar-refractivity contribution in [2.45, 2.75) is 146 Å². The lowest BCUT2D eigenvalue weighted by Crippen LogP contribution is -2.46. The Bertz CT molecular complexity index is 1760. The SMILES string of the molecule is C=C(C)C(=O)OCCCc1cc(-c2ccc(-c3ccc(CCCCC)cc3)cc2CC)cc(CCCOC(=O)C(=C)C)c1OCCC(C(O)C(C)(C)C)C(O)C(C)(C)C. The van der Waals surface area contributed by atoms with E-state index in [4.69, 9.17) is 14.2 Å². The molecular weight excluding hydrogens is 737 g/mol. The standard InChI is InChI=1S/C52H74O7/c1-13-15-16-19-37-22-24-39(25-23-37)40-26-27-44(38(14-2)32-40)43-33-41(20-17-29-58-49(55)35(3)4)46(42(34-43)21-18-30-59-50(56)36(5)6)57-31-28-45(47(53)51(7,8)9)48(54)52(10,11)12/h22-27,32-34,45,47-48,53-54H,3,5,13-21,28-31H2,1-2,4,6-12H3. The molecule has 0 aliphatic carbocycles. The fourth-order valence-electron chi connectivity index (χ4n) is 7.43. The lowest BCUT2D eigenvalue weighted by atomic mass is 9.71. The van der Waals surface area contributed by atoms with E-state index in [1.165, 1.54) is 41.5 Å². The van der Waals surface area contributed by atoms with Crippen LogP contribution in [0.25, 0.3) is 22.3 Å². The first-order valence-corrected chi connectivity index (χ1v) is 21.8. The van der Waals surface area contributed by atoms with Crippen molar-refractivity contribution in [2.24, 2.45) is 16.7 Å². The molecule has 2 unspecified atom stereocenters. The summed E-state index contributed by atoms with van der Waals surface area (Å²) in [6.07, 6.45) is 6.81. The quantitative estimate of drug-likeness (QED) is 0.0558. The van der Waals surface area contributed by atoms with Crippen molar-refractivity contribution in [3.8, 4) is 28.0 Å². The molecule has 0 saturated heterocycles. The molecule has 324 valence electrons. The van der Waals surface area contributed by atoms with Crippen molar-refractivity contribution < 1.29 is 34.0 Å². The minimum absolute atomic E-state index is 0.228. The van der Waals surface area contributed by atoms with Crippen LogP contribution in [0.5, 0.6) is 5.75 Å². The van der Waals surface area contributed by atoms with E-state index in [1.54, 1.807) is 13.8 Å². The number of aliphatic hydroxyl groups is 2. The van der Waals surface area contributed by atoms with Crippen molar-refractivity contribution >= 4 is 11.9 Å². The maximum absolute atomic E-state index is 12.2. The Hall–Kier alpha value is -4.20. The van der Waals surface area contributed by atoms with Crippen molar-refractivity contribution in [1.82, 2.24) is 0 Å². The van der Waals surface area contributed by atoms with Gasteiger partial charge >= 0.3 is 11.9 Å². The summed E-state index contributed by atoms with van der Waals surface area (Å²) in [6.45, 7) is 27.8. The van der Waals surface area contributed by atoms with Gasteiger partial charge in [-0.3, -0.25) is 0 Å². The highest BCUT2D eigenvalue weighted by atomic mass is 16.5. The third kappa shape index (κ3) is 15.1. The Labute approximate surface area is 356 Å². The third-order valence-corrected chi connectivity index (χ3v) is 11.0. The number of aryl methyl sites for hydroxylation is 4. The summed E-state index contributed by atoms with van der Waals surface area (Å²) in [5.41, 5.74) is 8.90. The van der Waals surface area contributed by atoms with E-state index >= 15 is 0 Å². The number of esters is 2. The van der Waals surface area contributed by atoms with E-state index in [9.17, 15) is 19.8 Å². The summed E-state index contributed by atoms with van der Waals surface area (Å²) >= 11 is 0. The normalized spacial score (nSPS) is 13.4. The van der Waals surface area contributed by atoms with E-state index in [-0.39, 0.29) is 19.8 Å². The Morgan fingerprint density at radius 1 is 0.627 bits per heavy atom. The van der Waals surface area contributed by atoms with Gasteiger partial charge < -0.3 is 24.4 Å². The number of ether oxygens (including phenoxy) is 3. The molecule has 3 aromatic carbocycles. The number of rotatable bonds is 23. The summed E-state index contributed by atoms with van der Waals surface area (Å²) in [5.74, 6) is -0.527. The number of benzene rings is 3. The minimum atomic E-state index is -0.758. The summed E-state index contributed by atoms with van der Waals surface area (Å²) in [4.78, 5) is 24.5. The molecule has 0 spiro atoms. The molecule has 0 aliphatic rings. The zero-order valence-corrected chi connectivity index (χ0v) is 38.0. The van der Waals surface area contributed by atoms with Crippen molar-refractivity contribution in [3.63, 3.8) is 0 Å². The first-order valence-electron chi connectivity index (χ1n) is 21.8. The second kappa shape index (κ2) is 23.0. The lowest BCUT2D eigenvalue weighted by molar-refractivity contribution is -0.139. The van der Waals surface area contributed by atoms with Gasteiger partial charge in [0.2, 0.25) is 0 Å². The molecule has 0 saturated carbocycles. The van der Waals surface area contributed by atoms with Gasteiger partial charge in [-0.2, -0.15) is 0 Å². The first kappa shape index (κ1) is 49.2. The van der Waals surface area contributed by atoms with Gasteiger partial charge in [0.15, 0.2) is 0 Å². The maximum atomic E-state index is 12.2. The Morgan fingerprint density at radius 3 is 1.58 bits per heavy atom. The van der Waals surface area contributed by atoms with Crippen molar-refractivity contribution in [3.05, 3.63) is 101 Å². The van der Waals surface area contributed by atoms with Crippen LogP contribution in [0.1, 0.15) is 130 Å². The molecule has 59 heavy (non-hydrogen) atoms. The molecule has 0 fully saturated rings. The number of hydrogen-bond acceptors (Lipinski definition) is 7. The number of hydrogen-bond donors (Lipinski definition) is 2. The average Bonchev–Trinajstić information content (AvgIpc) is 3.18. The van der Waals surface area contributed by atoms with Crippen LogP contribution in [-0.2, 0) is 44.7 Å². The summed E-state index contributed by atoms with van der Waals surface area (Å²) < 4.78 is 17.7. The van der Waals surface area contributed by atoms with Gasteiger partial charge in [0.05, 0.1) is 32.0 Å². The molecule has 0 aliphatic heterocycles. The van der Waals surface area contributed by atoms with E-state index < -0.39 is 40.9 Å². The van der Waals surface area contributed by atoms with Gasteiger partial charge in [0, 0.05) is 17.1 Å². The Balaban J connectivity index is 2.09. The maximum Gasteiger partial charge on any atom is 0.333 e. The van der Waals surface area contributed by atoms with Gasteiger partial charge in [-0.1, -0.05) is 124 Å². The monoisotopic (exact) mass is 811 g/mol. The van der Waals surface area contributed by atoms with Gasteiger partial charge in [0.1, 0.15) is 5.75 Å². The largest absolute Gasteiger partial charge is 0.493 e. The van der Waals surface area contributed by atoms with Crippen LogP contribution >= 0.6 is 0 Å². The zero-order valence-electron chi connectivity index (χ0n) is 38.0. The average molecular weight is 811 g/mol. The van der Waals surface area contributed by atoms with Crippen LogP contribution in [0, 0.1) is 16.7 Å². The van der Waals surface area contributed by atoms with Crippen LogP contribution in [0.2, 0.25) is 0 Å². The zero-order chi connectivity index (χ0) is 43.9. The smallest absolute Gasteiger partial charge is 0.333 e. The highest BCUT2D eigenvalue weighted by Gasteiger charge is 2.39. The predicted molar refractivity (Wildman–Crippen MR) is 243 cm³/mol. The summed E-state index contributed by atoms with van der Waals surface area (Å²) in [6, 6.07) is 20.0. The highest BCUT2D eigenvalue weighted by Crippen LogP contribution is 2.39. The van der Waals surface area contributed by atoms with E-state index in [0.717, 1.165) is 40.8 Å². The highest BCUT2D eigenvalue weighted by molar-refractivity contribution is 5.87. The van der Waals surface area contributed by atoms with Crippen molar-refractivity contribution in [2.75, 3.05) is 19.8 Å². The van der Waals surface area contributed by atoms with Gasteiger partial charge in [-0.05, 0) is 133 Å². The van der Waals surface area contributed by atoms with Gasteiger partial charge in [-0.15, -0.1) is 0 Å². The number of unbranched alkanes of at least 4 members (excludes halogenated alkanes) is 2. The number of carbonyl (C=O) groups is 2. The first-order chi connectivity index (χ1) is 27.8. The van der Waals surface area contributed by atoms with E-state index in [0.29, 0.717) is 43.3 Å². The van der Waals surface area contributed by atoms with Crippen LogP contribution in [0.15, 0.2) is 78.9 Å². The van der Waals surface area contributed by atoms with Gasteiger partial charge in [0.25, 0.3) is 0 Å². The Morgan fingerprint density at radius 2 is 1.12 bits per heavy atom. The van der Waals surface area contributed by atoms with Crippen molar-refractivity contribution in [1.29, 1.82) is 0 Å². The van der Waals surface area contributed by atoms with Crippen LogP contribution in [-0.4, -0.2) is 54.2 Å². The molecule has 2 atom stereocenters. The number of carbonyl (C=O) groups excluding carboxylic acids is 2. The van der Waals surface area contributed by atoms with E-state index in [1.807, 2.05) is 41.5 Å². The lowest BCUT2D eigenvalue weighted by Gasteiger charge is -2.40. The molecule has 2 N–H and O–H groups in total. The number of aliphatic hydroxyl groups excluding tert-OH is 2. The van der Waals surface area contributed by atoms with Crippen LogP contribution in [0.4, 0.5) is 0 Å². The fraction of sp³-hybridized carbons (Fsp3) is 0.538. The molecule has 0 aromatic heterocycles. The second-order valence-electron chi connectivity index (χ2n) is 18.5. The molecule has 0 bridgehead atoms. The van der Waals surface area contributed by atoms with Crippen LogP contribution in [0.3, 0.4) is 0 Å². The molecule has 0 radical (unpaired) electrons. The fourth-order valence-corrected chi connectivity index (χ4v) is 7.43. The topological polar surface area (TPSA) is 102 Å².